The van der Waals surface area contributed by atoms with Crippen LogP contribution in [0.2, 0.25) is 0 Å². The van der Waals surface area contributed by atoms with Gasteiger partial charge in [0.1, 0.15) is 17.4 Å². The van der Waals surface area contributed by atoms with E-state index in [4.69, 9.17) is 4.74 Å². The molecule has 2 rings (SSSR count). The Labute approximate surface area is 92.2 Å². The van der Waals surface area contributed by atoms with Crippen LogP contribution in [0.4, 0.5) is 8.78 Å². The first-order chi connectivity index (χ1) is 7.65. The standard InChI is InChI=1S/C12H12F2O2/c13-10-3-8(4-11(14)6-10)5-12(15)9-1-2-16-7-9/h3-4,6,9H,1-2,5,7H2. The highest BCUT2D eigenvalue weighted by Gasteiger charge is 2.23. The van der Waals surface area contributed by atoms with Crippen molar-refractivity contribution in [3.63, 3.8) is 0 Å². The van der Waals surface area contributed by atoms with Gasteiger partial charge in [0.25, 0.3) is 0 Å². The molecule has 16 heavy (non-hydrogen) atoms. The summed E-state index contributed by atoms with van der Waals surface area (Å²) in [5.41, 5.74) is 0.384. The van der Waals surface area contributed by atoms with Gasteiger partial charge in [0.2, 0.25) is 0 Å². The van der Waals surface area contributed by atoms with Gasteiger partial charge in [-0.1, -0.05) is 0 Å². The molecule has 1 atom stereocenters. The van der Waals surface area contributed by atoms with Crippen molar-refractivity contribution < 1.29 is 18.3 Å². The molecule has 0 aromatic heterocycles. The fraction of sp³-hybridized carbons (Fsp3) is 0.417. The van der Waals surface area contributed by atoms with E-state index in [9.17, 15) is 13.6 Å². The van der Waals surface area contributed by atoms with E-state index in [2.05, 4.69) is 0 Å². The van der Waals surface area contributed by atoms with Gasteiger partial charge >= 0.3 is 0 Å². The molecule has 1 saturated heterocycles. The molecular formula is C12H12F2O2. The summed E-state index contributed by atoms with van der Waals surface area (Å²) in [5, 5.41) is 0. The number of halogens is 2. The van der Waals surface area contributed by atoms with Crippen molar-refractivity contribution in [3.05, 3.63) is 35.4 Å². The van der Waals surface area contributed by atoms with Crippen molar-refractivity contribution in [1.29, 1.82) is 0 Å². The maximum atomic E-state index is 12.9. The molecule has 1 aromatic carbocycles. The maximum absolute atomic E-state index is 12.9. The number of carbonyl (C=O) groups is 1. The van der Waals surface area contributed by atoms with Crippen LogP contribution in [0.5, 0.6) is 0 Å². The summed E-state index contributed by atoms with van der Waals surface area (Å²) >= 11 is 0. The molecule has 1 aromatic rings. The van der Waals surface area contributed by atoms with Crippen LogP contribution in [0.3, 0.4) is 0 Å². The minimum absolute atomic E-state index is 0.0116. The van der Waals surface area contributed by atoms with Gasteiger partial charge in [0.15, 0.2) is 0 Å². The Balaban J connectivity index is 2.05. The number of benzene rings is 1. The number of rotatable bonds is 3. The summed E-state index contributed by atoms with van der Waals surface area (Å²) in [6.07, 6.45) is 0.777. The predicted octanol–water partition coefficient (Wildman–Crippen LogP) is 2.11. The van der Waals surface area contributed by atoms with Gasteiger partial charge < -0.3 is 4.74 Å². The topological polar surface area (TPSA) is 26.3 Å². The molecule has 0 radical (unpaired) electrons. The minimum atomic E-state index is -0.648. The quantitative estimate of drug-likeness (QED) is 0.789. The van der Waals surface area contributed by atoms with Crippen molar-refractivity contribution in [2.45, 2.75) is 12.8 Å². The van der Waals surface area contributed by atoms with Crippen molar-refractivity contribution in [2.75, 3.05) is 13.2 Å². The zero-order valence-corrected chi connectivity index (χ0v) is 8.71. The molecule has 0 aliphatic carbocycles. The smallest absolute Gasteiger partial charge is 0.142 e. The van der Waals surface area contributed by atoms with E-state index in [0.29, 0.717) is 25.2 Å². The van der Waals surface area contributed by atoms with Gasteiger partial charge in [-0.15, -0.1) is 0 Å². The van der Waals surface area contributed by atoms with E-state index in [1.807, 2.05) is 0 Å². The van der Waals surface area contributed by atoms with Crippen molar-refractivity contribution >= 4 is 5.78 Å². The number of ketones is 1. The summed E-state index contributed by atoms with van der Waals surface area (Å²) in [6.45, 7) is 1.02. The van der Waals surface area contributed by atoms with Crippen LogP contribution < -0.4 is 0 Å². The molecule has 1 aliphatic heterocycles. The first-order valence-corrected chi connectivity index (χ1v) is 5.20. The minimum Gasteiger partial charge on any atom is -0.381 e. The van der Waals surface area contributed by atoms with Crippen LogP contribution >= 0.6 is 0 Å². The molecule has 1 fully saturated rings. The SMILES string of the molecule is O=C(Cc1cc(F)cc(F)c1)C1CCOC1. The van der Waals surface area contributed by atoms with Gasteiger partial charge in [-0.25, -0.2) is 8.78 Å². The number of Topliss-reactive ketones (excluding diaryl/α,β-unsaturated/α-hetero) is 1. The van der Waals surface area contributed by atoms with Crippen molar-refractivity contribution in [3.8, 4) is 0 Å². The highest BCUT2D eigenvalue weighted by molar-refractivity contribution is 5.83. The Hall–Kier alpha value is -1.29. The first-order valence-electron chi connectivity index (χ1n) is 5.20. The molecule has 4 heteroatoms. The second-order valence-electron chi connectivity index (χ2n) is 3.98. The molecule has 0 saturated carbocycles. The molecular weight excluding hydrogens is 214 g/mol. The second-order valence-corrected chi connectivity index (χ2v) is 3.98. The predicted molar refractivity (Wildman–Crippen MR) is 54.0 cm³/mol. The number of hydrogen-bond acceptors (Lipinski definition) is 2. The average molecular weight is 226 g/mol. The van der Waals surface area contributed by atoms with Crippen molar-refractivity contribution in [1.82, 2.24) is 0 Å². The largest absolute Gasteiger partial charge is 0.381 e. The zero-order chi connectivity index (χ0) is 11.5. The van der Waals surface area contributed by atoms with Crippen LogP contribution in [-0.2, 0) is 16.0 Å². The van der Waals surface area contributed by atoms with E-state index in [1.54, 1.807) is 0 Å². The lowest BCUT2D eigenvalue weighted by atomic mass is 9.97. The Kier molecular flexibility index (Phi) is 3.29. The Morgan fingerprint density at radius 2 is 2.00 bits per heavy atom. The van der Waals surface area contributed by atoms with Gasteiger partial charge in [0.05, 0.1) is 6.61 Å². The third kappa shape index (κ3) is 2.64. The Bertz CT molecular complexity index is 378. The van der Waals surface area contributed by atoms with Crippen LogP contribution in [0.15, 0.2) is 18.2 Å². The first kappa shape index (κ1) is 11.2. The molecule has 0 amide bonds. The molecule has 2 nitrogen and oxygen atoms in total. The number of carbonyl (C=O) groups excluding carboxylic acids is 1. The molecule has 0 spiro atoms. The van der Waals surface area contributed by atoms with Crippen LogP contribution in [-0.4, -0.2) is 19.0 Å². The molecule has 1 unspecified atom stereocenters. The van der Waals surface area contributed by atoms with Gasteiger partial charge in [-0.05, 0) is 24.1 Å². The van der Waals surface area contributed by atoms with Gasteiger partial charge in [-0.3, -0.25) is 4.79 Å². The lowest BCUT2D eigenvalue weighted by Crippen LogP contribution is -2.16. The maximum Gasteiger partial charge on any atom is 0.142 e. The Morgan fingerprint density at radius 3 is 2.56 bits per heavy atom. The zero-order valence-electron chi connectivity index (χ0n) is 8.71. The summed E-state index contributed by atoms with van der Waals surface area (Å²) in [7, 11) is 0. The third-order valence-electron chi connectivity index (χ3n) is 2.69. The van der Waals surface area contributed by atoms with Crippen molar-refractivity contribution in [2.24, 2.45) is 5.92 Å². The van der Waals surface area contributed by atoms with E-state index in [0.717, 1.165) is 6.07 Å². The highest BCUT2D eigenvalue weighted by Crippen LogP contribution is 2.17. The number of ether oxygens (including phenoxy) is 1. The normalized spacial score (nSPS) is 20.0. The van der Waals surface area contributed by atoms with E-state index >= 15 is 0 Å². The fourth-order valence-electron chi connectivity index (χ4n) is 1.85. The molecule has 1 heterocycles. The van der Waals surface area contributed by atoms with E-state index in [-0.39, 0.29) is 18.1 Å². The lowest BCUT2D eigenvalue weighted by Gasteiger charge is -2.06. The van der Waals surface area contributed by atoms with Crippen LogP contribution in [0, 0.1) is 17.6 Å². The monoisotopic (exact) mass is 226 g/mol. The summed E-state index contributed by atoms with van der Waals surface area (Å²) < 4.78 is 30.9. The average Bonchev–Trinajstić information content (AvgIpc) is 2.68. The summed E-state index contributed by atoms with van der Waals surface area (Å²) in [4.78, 5) is 11.7. The molecule has 1 aliphatic rings. The van der Waals surface area contributed by atoms with E-state index < -0.39 is 11.6 Å². The van der Waals surface area contributed by atoms with E-state index in [1.165, 1.54) is 12.1 Å². The molecule has 0 N–H and O–H groups in total. The number of hydrogen-bond donors (Lipinski definition) is 0. The summed E-state index contributed by atoms with van der Waals surface area (Å²) in [5.74, 6) is -1.43. The Morgan fingerprint density at radius 1 is 1.31 bits per heavy atom. The second kappa shape index (κ2) is 4.70. The van der Waals surface area contributed by atoms with Crippen LogP contribution in [0.1, 0.15) is 12.0 Å². The molecule has 0 bridgehead atoms. The third-order valence-corrected chi connectivity index (χ3v) is 2.69. The highest BCUT2D eigenvalue weighted by atomic mass is 19.1. The van der Waals surface area contributed by atoms with Gasteiger partial charge in [-0.2, -0.15) is 0 Å². The van der Waals surface area contributed by atoms with Gasteiger partial charge in [0, 0.05) is 25.0 Å². The lowest BCUT2D eigenvalue weighted by molar-refractivity contribution is -0.122. The summed E-state index contributed by atoms with van der Waals surface area (Å²) in [6, 6.07) is 3.18. The van der Waals surface area contributed by atoms with Crippen LogP contribution in [0.25, 0.3) is 0 Å². The molecule has 86 valence electrons. The fourth-order valence-corrected chi connectivity index (χ4v) is 1.85.